The SMILES string of the molecule is CC1=NCC(C(=O)N2CC[C@H](Oc3ccc(-c4ccnc(NC(=O)C5CC5C)c4)cc3C#N)[C@H](F)C2)=N1. The third kappa shape index (κ3) is 5.35. The Labute approximate surface area is 214 Å². The number of nitrogens with one attached hydrogen (secondary N) is 1. The standard InChI is InChI=1S/C27H27FN6O3/c1-15-9-20(15)26(35)33-25-11-18(5-7-30-25)17-3-4-23(19(10-17)12-29)37-24-6-8-34(14-21(24)28)27(36)22-13-31-16(2)32-22/h3-5,7,10-11,15,20-21,24H,6,8-9,13-14H2,1-2H3,(H,30,33,35)/t15?,20?,21-,24+/m1/s1. The number of pyridine rings is 1. The number of aromatic nitrogens is 1. The normalized spacial score (nSPS) is 24.5. The Bertz CT molecular complexity index is 1350. The zero-order valence-corrected chi connectivity index (χ0v) is 20.6. The first kappa shape index (κ1) is 24.6. The van der Waals surface area contributed by atoms with Crippen LogP contribution in [-0.2, 0) is 9.59 Å². The number of likely N-dealkylation sites (tertiary alicyclic amines) is 1. The molecule has 2 fully saturated rings. The van der Waals surface area contributed by atoms with Crippen LogP contribution >= 0.6 is 0 Å². The molecule has 1 aromatic carbocycles. The van der Waals surface area contributed by atoms with Gasteiger partial charge in [-0.2, -0.15) is 5.26 Å². The van der Waals surface area contributed by atoms with Crippen molar-refractivity contribution >= 4 is 29.2 Å². The highest BCUT2D eigenvalue weighted by Gasteiger charge is 2.39. The highest BCUT2D eigenvalue weighted by atomic mass is 19.1. The smallest absolute Gasteiger partial charge is 0.270 e. The summed E-state index contributed by atoms with van der Waals surface area (Å²) in [5.41, 5.74) is 2.12. The number of carbonyl (C=O) groups is 2. The molecule has 2 aromatic rings. The number of piperidine rings is 1. The van der Waals surface area contributed by atoms with Gasteiger partial charge in [-0.1, -0.05) is 13.0 Å². The van der Waals surface area contributed by atoms with E-state index >= 15 is 4.39 Å². The van der Waals surface area contributed by atoms with E-state index < -0.39 is 12.3 Å². The average molecular weight is 503 g/mol. The summed E-state index contributed by atoms with van der Waals surface area (Å²) >= 11 is 0. The molecule has 37 heavy (non-hydrogen) atoms. The van der Waals surface area contributed by atoms with Crippen LogP contribution in [0.25, 0.3) is 11.1 Å². The molecule has 3 aliphatic rings. The molecular weight excluding hydrogens is 475 g/mol. The van der Waals surface area contributed by atoms with E-state index in [1.165, 1.54) is 4.90 Å². The second kappa shape index (κ2) is 10.1. The maximum atomic E-state index is 15.0. The van der Waals surface area contributed by atoms with Gasteiger partial charge in [0.2, 0.25) is 5.91 Å². The van der Waals surface area contributed by atoms with Gasteiger partial charge >= 0.3 is 0 Å². The molecule has 1 saturated carbocycles. The van der Waals surface area contributed by atoms with E-state index in [9.17, 15) is 14.9 Å². The number of alkyl halides is 1. The Morgan fingerprint density at radius 1 is 1.24 bits per heavy atom. The lowest BCUT2D eigenvalue weighted by atomic mass is 10.0. The molecule has 0 spiro atoms. The summed E-state index contributed by atoms with van der Waals surface area (Å²) in [5.74, 6) is 1.37. The van der Waals surface area contributed by atoms with Crippen LogP contribution in [0.1, 0.15) is 32.3 Å². The van der Waals surface area contributed by atoms with Crippen molar-refractivity contribution < 1.29 is 18.7 Å². The summed E-state index contributed by atoms with van der Waals surface area (Å²) < 4.78 is 20.9. The van der Waals surface area contributed by atoms with Crippen molar-refractivity contribution in [2.24, 2.45) is 21.8 Å². The number of nitriles is 1. The lowest BCUT2D eigenvalue weighted by Crippen LogP contribution is -2.51. The van der Waals surface area contributed by atoms with Crippen molar-refractivity contribution in [3.05, 3.63) is 42.1 Å². The number of hydrogen-bond acceptors (Lipinski definition) is 7. The molecule has 1 N–H and O–H groups in total. The number of aliphatic imine (C=N–C) groups is 2. The summed E-state index contributed by atoms with van der Waals surface area (Å²) in [5, 5.41) is 12.6. The van der Waals surface area contributed by atoms with Crippen LogP contribution < -0.4 is 10.1 Å². The van der Waals surface area contributed by atoms with E-state index in [0.717, 1.165) is 17.5 Å². The van der Waals surface area contributed by atoms with Crippen LogP contribution in [0, 0.1) is 23.2 Å². The van der Waals surface area contributed by atoms with Crippen molar-refractivity contribution in [3.63, 3.8) is 0 Å². The zero-order chi connectivity index (χ0) is 26.1. The van der Waals surface area contributed by atoms with Gasteiger partial charge in [0, 0.05) is 25.1 Å². The third-order valence-electron chi connectivity index (χ3n) is 6.94. The molecule has 1 saturated heterocycles. The van der Waals surface area contributed by atoms with Gasteiger partial charge in [-0.3, -0.25) is 14.6 Å². The highest BCUT2D eigenvalue weighted by Crippen LogP contribution is 2.38. The van der Waals surface area contributed by atoms with Crippen LogP contribution in [0.5, 0.6) is 5.75 Å². The third-order valence-corrected chi connectivity index (χ3v) is 6.94. The van der Waals surface area contributed by atoms with E-state index in [1.807, 2.05) is 6.92 Å². The van der Waals surface area contributed by atoms with Gasteiger partial charge in [0.15, 0.2) is 6.17 Å². The van der Waals surface area contributed by atoms with Crippen LogP contribution in [0.2, 0.25) is 0 Å². The van der Waals surface area contributed by atoms with Crippen molar-refractivity contribution in [3.8, 4) is 22.9 Å². The average Bonchev–Trinajstić information content (AvgIpc) is 3.48. The van der Waals surface area contributed by atoms with Gasteiger partial charge in [-0.25, -0.2) is 14.4 Å². The molecule has 3 heterocycles. The Hall–Kier alpha value is -4.13. The topological polar surface area (TPSA) is 120 Å². The van der Waals surface area contributed by atoms with Gasteiger partial charge in [-0.15, -0.1) is 0 Å². The quantitative estimate of drug-likeness (QED) is 0.649. The summed E-state index contributed by atoms with van der Waals surface area (Å²) in [6, 6.07) is 10.8. The number of ether oxygens (including phenoxy) is 1. The van der Waals surface area contributed by atoms with E-state index in [2.05, 4.69) is 26.4 Å². The van der Waals surface area contributed by atoms with Gasteiger partial charge in [0.25, 0.3) is 5.91 Å². The number of hydrogen-bond donors (Lipinski definition) is 1. The summed E-state index contributed by atoms with van der Waals surface area (Å²) in [4.78, 5) is 38.8. The van der Waals surface area contributed by atoms with E-state index in [-0.39, 0.29) is 42.1 Å². The first-order valence-electron chi connectivity index (χ1n) is 12.3. The Kier molecular flexibility index (Phi) is 6.70. The molecule has 5 rings (SSSR count). The molecule has 2 amide bonds. The Morgan fingerprint density at radius 3 is 2.70 bits per heavy atom. The van der Waals surface area contributed by atoms with Crippen molar-refractivity contribution in [1.82, 2.24) is 9.88 Å². The number of carbonyl (C=O) groups excluding carboxylic acids is 2. The van der Waals surface area contributed by atoms with Gasteiger partial charge in [0.05, 0.1) is 18.7 Å². The van der Waals surface area contributed by atoms with E-state index in [1.54, 1.807) is 43.5 Å². The molecule has 10 heteroatoms. The van der Waals surface area contributed by atoms with E-state index in [4.69, 9.17) is 4.74 Å². The molecule has 2 aliphatic heterocycles. The number of nitrogens with zero attached hydrogens (tertiary/aromatic N) is 5. The fourth-order valence-corrected chi connectivity index (χ4v) is 4.60. The molecule has 0 bridgehead atoms. The predicted molar refractivity (Wildman–Crippen MR) is 136 cm³/mol. The first-order valence-corrected chi connectivity index (χ1v) is 12.3. The predicted octanol–water partition coefficient (Wildman–Crippen LogP) is 3.41. The molecule has 1 aromatic heterocycles. The molecular formula is C27H27FN6O3. The summed E-state index contributed by atoms with van der Waals surface area (Å²) in [6.45, 7) is 4.20. The Morgan fingerprint density at radius 2 is 2.03 bits per heavy atom. The number of rotatable bonds is 6. The summed E-state index contributed by atoms with van der Waals surface area (Å²) in [7, 11) is 0. The van der Waals surface area contributed by atoms with Crippen LogP contribution in [-0.4, -0.2) is 65.2 Å². The minimum Gasteiger partial charge on any atom is -0.486 e. The maximum Gasteiger partial charge on any atom is 0.270 e. The minimum absolute atomic E-state index is 0.0334. The molecule has 190 valence electrons. The lowest BCUT2D eigenvalue weighted by molar-refractivity contribution is -0.127. The number of amides is 2. The van der Waals surface area contributed by atoms with Crippen LogP contribution in [0.3, 0.4) is 0 Å². The lowest BCUT2D eigenvalue weighted by Gasteiger charge is -2.34. The number of anilines is 1. The van der Waals surface area contributed by atoms with Gasteiger partial charge in [0.1, 0.15) is 35.3 Å². The molecule has 0 radical (unpaired) electrons. The fourth-order valence-electron chi connectivity index (χ4n) is 4.60. The first-order chi connectivity index (χ1) is 17.8. The maximum absolute atomic E-state index is 15.0. The highest BCUT2D eigenvalue weighted by molar-refractivity contribution is 6.42. The molecule has 9 nitrogen and oxygen atoms in total. The van der Waals surface area contributed by atoms with Crippen molar-refractivity contribution in [2.75, 3.05) is 25.0 Å². The zero-order valence-electron chi connectivity index (χ0n) is 20.6. The van der Waals surface area contributed by atoms with E-state index in [0.29, 0.717) is 36.2 Å². The largest absolute Gasteiger partial charge is 0.486 e. The second-order valence-corrected chi connectivity index (χ2v) is 9.70. The van der Waals surface area contributed by atoms with Gasteiger partial charge < -0.3 is 15.0 Å². The summed E-state index contributed by atoms with van der Waals surface area (Å²) in [6.07, 6.45) is 0.592. The van der Waals surface area contributed by atoms with Crippen LogP contribution in [0.15, 0.2) is 46.5 Å². The van der Waals surface area contributed by atoms with Crippen LogP contribution in [0.4, 0.5) is 10.2 Å². The molecule has 2 unspecified atom stereocenters. The second-order valence-electron chi connectivity index (χ2n) is 9.70. The number of benzene rings is 1. The molecule has 1 aliphatic carbocycles. The number of amidine groups is 1. The number of halogens is 1. The minimum atomic E-state index is -1.41. The monoisotopic (exact) mass is 502 g/mol. The van der Waals surface area contributed by atoms with Gasteiger partial charge in [-0.05, 0) is 54.7 Å². The van der Waals surface area contributed by atoms with Crippen molar-refractivity contribution in [1.29, 1.82) is 5.26 Å². The van der Waals surface area contributed by atoms with Crippen molar-refractivity contribution in [2.45, 2.75) is 39.0 Å². The molecule has 4 atom stereocenters. The fraction of sp³-hybridized carbons (Fsp3) is 0.407. The Balaban J connectivity index is 1.24.